The van der Waals surface area contributed by atoms with E-state index in [1.807, 2.05) is 0 Å². The van der Waals surface area contributed by atoms with E-state index in [0.717, 1.165) is 32.1 Å². The van der Waals surface area contributed by atoms with Crippen LogP contribution in [0, 0.1) is 0 Å². The molecule has 4 nitrogen and oxygen atoms in total. The third kappa shape index (κ3) is 3.23. The van der Waals surface area contributed by atoms with Gasteiger partial charge in [-0.15, -0.1) is 0 Å². The minimum Gasteiger partial charge on any atom is -0.399 e. The highest BCUT2D eigenvalue weighted by Crippen LogP contribution is 2.18. The zero-order valence-corrected chi connectivity index (χ0v) is 10.4. The fourth-order valence-electron chi connectivity index (χ4n) is 2.39. The number of nitrogen functional groups attached to an aromatic ring is 1. The van der Waals surface area contributed by atoms with Crippen LogP contribution in [0.5, 0.6) is 0 Å². The standard InChI is InChI=1S/C14H20N2O2/c15-11-6-4-5-10(9-11)14(18)16-12-7-2-1-3-8-13(12)17/h4-6,9,12-13,17H,1-3,7-8,15H2,(H,16,18). The number of rotatable bonds is 2. The Morgan fingerprint density at radius 1 is 1.28 bits per heavy atom. The van der Waals surface area contributed by atoms with Gasteiger partial charge in [0.05, 0.1) is 12.1 Å². The quantitative estimate of drug-likeness (QED) is 0.550. The zero-order valence-electron chi connectivity index (χ0n) is 10.4. The summed E-state index contributed by atoms with van der Waals surface area (Å²) in [6.45, 7) is 0. The van der Waals surface area contributed by atoms with Crippen LogP contribution in [0.3, 0.4) is 0 Å². The minimum absolute atomic E-state index is 0.138. The number of carbonyl (C=O) groups excluding carboxylic acids is 1. The summed E-state index contributed by atoms with van der Waals surface area (Å²) in [6, 6.07) is 6.75. The van der Waals surface area contributed by atoms with Gasteiger partial charge in [-0.1, -0.05) is 25.3 Å². The van der Waals surface area contributed by atoms with E-state index in [2.05, 4.69) is 5.32 Å². The molecular formula is C14H20N2O2. The fraction of sp³-hybridized carbons (Fsp3) is 0.500. The zero-order chi connectivity index (χ0) is 13.0. The Labute approximate surface area is 107 Å². The first-order valence-corrected chi connectivity index (χ1v) is 6.51. The third-order valence-corrected chi connectivity index (χ3v) is 3.44. The van der Waals surface area contributed by atoms with Gasteiger partial charge < -0.3 is 16.2 Å². The Balaban J connectivity index is 2.01. The van der Waals surface area contributed by atoms with Crippen molar-refractivity contribution in [3.8, 4) is 0 Å². The second kappa shape index (κ2) is 5.87. The summed E-state index contributed by atoms with van der Waals surface area (Å²) in [7, 11) is 0. The van der Waals surface area contributed by atoms with Gasteiger partial charge in [0.2, 0.25) is 0 Å². The first kappa shape index (κ1) is 12.9. The van der Waals surface area contributed by atoms with E-state index >= 15 is 0 Å². The maximum absolute atomic E-state index is 12.0. The Hall–Kier alpha value is -1.55. The topological polar surface area (TPSA) is 75.4 Å². The molecule has 98 valence electrons. The molecule has 0 aliphatic heterocycles. The molecule has 1 amide bonds. The molecule has 4 heteroatoms. The van der Waals surface area contributed by atoms with Crippen molar-refractivity contribution in [3.05, 3.63) is 29.8 Å². The van der Waals surface area contributed by atoms with Gasteiger partial charge in [-0.25, -0.2) is 0 Å². The predicted octanol–water partition coefficient (Wildman–Crippen LogP) is 1.69. The highest BCUT2D eigenvalue weighted by molar-refractivity contribution is 5.95. The number of benzene rings is 1. The molecule has 1 aromatic rings. The van der Waals surface area contributed by atoms with E-state index in [4.69, 9.17) is 5.73 Å². The van der Waals surface area contributed by atoms with Crippen molar-refractivity contribution >= 4 is 11.6 Å². The van der Waals surface area contributed by atoms with Crippen molar-refractivity contribution in [1.29, 1.82) is 0 Å². The number of anilines is 1. The molecule has 4 N–H and O–H groups in total. The third-order valence-electron chi connectivity index (χ3n) is 3.44. The summed E-state index contributed by atoms with van der Waals surface area (Å²) in [5.74, 6) is -0.159. The second-order valence-electron chi connectivity index (χ2n) is 4.91. The summed E-state index contributed by atoms with van der Waals surface area (Å²) in [6.07, 6.45) is 4.39. The summed E-state index contributed by atoms with van der Waals surface area (Å²) in [4.78, 5) is 12.0. The molecule has 0 spiro atoms. The SMILES string of the molecule is Nc1cccc(C(=O)NC2CCCCCC2O)c1. The molecule has 1 fully saturated rings. The first-order chi connectivity index (χ1) is 8.66. The van der Waals surface area contributed by atoms with E-state index in [9.17, 15) is 9.90 Å². The molecule has 1 aliphatic rings. The lowest BCUT2D eigenvalue weighted by molar-refractivity contribution is 0.0819. The van der Waals surface area contributed by atoms with Crippen LogP contribution in [0.25, 0.3) is 0 Å². The molecule has 1 saturated carbocycles. The van der Waals surface area contributed by atoms with Crippen LogP contribution in [0.4, 0.5) is 5.69 Å². The predicted molar refractivity (Wildman–Crippen MR) is 71.2 cm³/mol. The number of carbonyl (C=O) groups is 1. The van der Waals surface area contributed by atoms with Gasteiger partial charge in [-0.05, 0) is 31.0 Å². The lowest BCUT2D eigenvalue weighted by atomic mass is 10.1. The molecule has 2 rings (SSSR count). The van der Waals surface area contributed by atoms with Crippen LogP contribution in [0.15, 0.2) is 24.3 Å². The number of nitrogens with one attached hydrogen (secondary N) is 1. The molecule has 1 aromatic carbocycles. The Morgan fingerprint density at radius 2 is 2.06 bits per heavy atom. The van der Waals surface area contributed by atoms with Gasteiger partial charge in [-0.3, -0.25) is 4.79 Å². The summed E-state index contributed by atoms with van der Waals surface area (Å²) in [5.41, 5.74) is 6.77. The lowest BCUT2D eigenvalue weighted by Gasteiger charge is -2.21. The first-order valence-electron chi connectivity index (χ1n) is 6.51. The molecule has 0 saturated heterocycles. The number of hydrogen-bond acceptors (Lipinski definition) is 3. The number of aliphatic hydroxyl groups is 1. The second-order valence-corrected chi connectivity index (χ2v) is 4.91. The van der Waals surface area contributed by atoms with Crippen molar-refractivity contribution in [2.24, 2.45) is 0 Å². The van der Waals surface area contributed by atoms with Gasteiger partial charge in [0.25, 0.3) is 5.91 Å². The van der Waals surface area contributed by atoms with Gasteiger partial charge >= 0.3 is 0 Å². The largest absolute Gasteiger partial charge is 0.399 e. The number of hydrogen-bond donors (Lipinski definition) is 3. The smallest absolute Gasteiger partial charge is 0.251 e. The lowest BCUT2D eigenvalue weighted by Crippen LogP contribution is -2.42. The summed E-state index contributed by atoms with van der Waals surface area (Å²) in [5, 5.41) is 12.9. The van der Waals surface area contributed by atoms with Gasteiger partial charge in [0.15, 0.2) is 0 Å². The number of nitrogens with two attached hydrogens (primary N) is 1. The molecule has 2 unspecified atom stereocenters. The highest BCUT2D eigenvalue weighted by atomic mass is 16.3. The monoisotopic (exact) mass is 248 g/mol. The fourth-order valence-corrected chi connectivity index (χ4v) is 2.39. The maximum atomic E-state index is 12.0. The molecule has 0 bridgehead atoms. The number of amides is 1. The average molecular weight is 248 g/mol. The van der Waals surface area contributed by atoms with Gasteiger partial charge in [0.1, 0.15) is 0 Å². The maximum Gasteiger partial charge on any atom is 0.251 e. The van der Waals surface area contributed by atoms with Crippen LogP contribution in [0.1, 0.15) is 42.5 Å². The molecular weight excluding hydrogens is 228 g/mol. The molecule has 2 atom stereocenters. The summed E-state index contributed by atoms with van der Waals surface area (Å²) >= 11 is 0. The van der Waals surface area contributed by atoms with Crippen molar-refractivity contribution in [2.75, 3.05) is 5.73 Å². The normalized spacial score (nSPS) is 24.3. The molecule has 1 aliphatic carbocycles. The van der Waals surface area contributed by atoms with Gasteiger partial charge in [0, 0.05) is 11.3 Å². The van der Waals surface area contributed by atoms with Crippen molar-refractivity contribution < 1.29 is 9.90 Å². The van der Waals surface area contributed by atoms with E-state index in [1.54, 1.807) is 24.3 Å². The van der Waals surface area contributed by atoms with E-state index < -0.39 is 6.10 Å². The number of aliphatic hydroxyl groups excluding tert-OH is 1. The van der Waals surface area contributed by atoms with Crippen LogP contribution >= 0.6 is 0 Å². The molecule has 0 aromatic heterocycles. The van der Waals surface area contributed by atoms with Crippen molar-refractivity contribution in [1.82, 2.24) is 5.32 Å². The van der Waals surface area contributed by atoms with E-state index in [0.29, 0.717) is 11.3 Å². The average Bonchev–Trinajstić information content (AvgIpc) is 2.55. The van der Waals surface area contributed by atoms with E-state index in [-0.39, 0.29) is 11.9 Å². The minimum atomic E-state index is -0.433. The van der Waals surface area contributed by atoms with E-state index in [1.165, 1.54) is 0 Å². The highest BCUT2D eigenvalue weighted by Gasteiger charge is 2.23. The molecule has 0 radical (unpaired) electrons. The van der Waals surface area contributed by atoms with Crippen LogP contribution in [-0.4, -0.2) is 23.2 Å². The van der Waals surface area contributed by atoms with Gasteiger partial charge in [-0.2, -0.15) is 0 Å². The Morgan fingerprint density at radius 3 is 2.83 bits per heavy atom. The molecule has 18 heavy (non-hydrogen) atoms. The Kier molecular flexibility index (Phi) is 4.20. The van der Waals surface area contributed by atoms with Crippen molar-refractivity contribution in [2.45, 2.75) is 44.2 Å². The summed E-state index contributed by atoms with van der Waals surface area (Å²) < 4.78 is 0. The van der Waals surface area contributed by atoms with Crippen molar-refractivity contribution in [3.63, 3.8) is 0 Å². The molecule has 0 heterocycles. The van der Waals surface area contributed by atoms with Crippen LogP contribution in [-0.2, 0) is 0 Å². The van der Waals surface area contributed by atoms with Crippen LogP contribution in [0.2, 0.25) is 0 Å². The Bertz CT molecular complexity index is 420. The van der Waals surface area contributed by atoms with Crippen LogP contribution < -0.4 is 11.1 Å².